The average molecular weight is 455 g/mol. The van der Waals surface area contributed by atoms with E-state index < -0.39 is 34.7 Å². The molecular weight excluding hydrogens is 440 g/mol. The fourth-order valence-electron chi connectivity index (χ4n) is 3.50. The molecule has 7 nitrogen and oxygen atoms in total. The second-order valence-electron chi connectivity index (χ2n) is 7.07. The molecule has 1 amide bonds. The Balaban J connectivity index is 1.66. The maximum absolute atomic E-state index is 13.5. The molecule has 0 aromatic carbocycles. The lowest BCUT2D eigenvalue weighted by Gasteiger charge is -2.33. The normalized spacial score (nSPS) is 16.4. The molecular formula is C19H15ClF4N6O. The minimum atomic E-state index is -4.78. The summed E-state index contributed by atoms with van der Waals surface area (Å²) in [6, 6.07) is 2.11. The molecule has 0 fully saturated rings. The van der Waals surface area contributed by atoms with Crippen LogP contribution in [0.25, 0.3) is 5.82 Å². The van der Waals surface area contributed by atoms with Crippen molar-refractivity contribution >= 4 is 17.5 Å². The molecule has 12 heteroatoms. The van der Waals surface area contributed by atoms with Gasteiger partial charge in [-0.15, -0.1) is 5.10 Å². The molecule has 0 radical (unpaired) electrons. The Labute approximate surface area is 178 Å². The number of halogens is 5. The Bertz CT molecular complexity index is 1180. The first-order chi connectivity index (χ1) is 14.6. The number of rotatable bonds is 2. The zero-order valence-corrected chi connectivity index (χ0v) is 17.0. The van der Waals surface area contributed by atoms with E-state index in [-0.39, 0.29) is 12.1 Å². The first-order valence-corrected chi connectivity index (χ1v) is 9.57. The average Bonchev–Trinajstić information content (AvgIpc) is 3.14. The van der Waals surface area contributed by atoms with Crippen LogP contribution in [0.1, 0.15) is 46.0 Å². The first-order valence-electron chi connectivity index (χ1n) is 9.19. The number of fused-ring (bicyclic) bond motifs is 1. The third-order valence-electron chi connectivity index (χ3n) is 5.14. The Morgan fingerprint density at radius 3 is 2.71 bits per heavy atom. The summed E-state index contributed by atoms with van der Waals surface area (Å²) in [5.74, 6) is -0.733. The van der Waals surface area contributed by atoms with E-state index >= 15 is 0 Å². The predicted octanol–water partition coefficient (Wildman–Crippen LogP) is 3.94. The Hall–Kier alpha value is -3.08. The molecule has 0 spiro atoms. The maximum atomic E-state index is 13.5. The number of nitrogens with zero attached hydrogens (tertiary/aromatic N) is 6. The highest BCUT2D eigenvalue weighted by Crippen LogP contribution is 2.36. The molecule has 0 saturated carbocycles. The van der Waals surface area contributed by atoms with Crippen molar-refractivity contribution in [2.24, 2.45) is 0 Å². The second-order valence-corrected chi connectivity index (χ2v) is 7.45. The number of pyridine rings is 2. The van der Waals surface area contributed by atoms with E-state index in [1.165, 1.54) is 15.6 Å². The number of aromatic nitrogens is 5. The van der Waals surface area contributed by atoms with Crippen LogP contribution in [0.4, 0.5) is 17.6 Å². The summed E-state index contributed by atoms with van der Waals surface area (Å²) in [4.78, 5) is 21.7. The van der Waals surface area contributed by atoms with E-state index in [0.29, 0.717) is 29.2 Å². The molecule has 1 aliphatic heterocycles. The van der Waals surface area contributed by atoms with E-state index in [4.69, 9.17) is 11.6 Å². The molecule has 0 saturated heterocycles. The van der Waals surface area contributed by atoms with E-state index in [1.807, 2.05) is 0 Å². The summed E-state index contributed by atoms with van der Waals surface area (Å²) in [6.45, 7) is 3.49. The number of carbonyl (C=O) groups excluding carboxylic acids is 1. The number of alkyl halides is 3. The highest BCUT2D eigenvalue weighted by molar-refractivity contribution is 6.34. The van der Waals surface area contributed by atoms with E-state index in [2.05, 4.69) is 20.3 Å². The molecule has 162 valence electrons. The number of amides is 1. The van der Waals surface area contributed by atoms with Crippen LogP contribution < -0.4 is 0 Å². The van der Waals surface area contributed by atoms with Crippen molar-refractivity contribution in [1.29, 1.82) is 0 Å². The van der Waals surface area contributed by atoms with Gasteiger partial charge >= 0.3 is 6.18 Å². The third kappa shape index (κ3) is 3.62. The van der Waals surface area contributed by atoms with Gasteiger partial charge in [0.2, 0.25) is 0 Å². The summed E-state index contributed by atoms with van der Waals surface area (Å²) in [5.41, 5.74) is -0.0456. The van der Waals surface area contributed by atoms with Gasteiger partial charge in [0.1, 0.15) is 11.5 Å². The zero-order chi connectivity index (χ0) is 22.5. The zero-order valence-electron chi connectivity index (χ0n) is 16.3. The quantitative estimate of drug-likeness (QED) is 0.548. The maximum Gasteiger partial charge on any atom is 0.434 e. The lowest BCUT2D eigenvalue weighted by molar-refractivity contribution is -0.141. The summed E-state index contributed by atoms with van der Waals surface area (Å²) in [5, 5.41) is 7.47. The van der Waals surface area contributed by atoms with Crippen LogP contribution >= 0.6 is 11.6 Å². The largest absolute Gasteiger partial charge is 0.434 e. The molecule has 4 rings (SSSR count). The molecule has 1 atom stereocenters. The Kier molecular flexibility index (Phi) is 5.16. The van der Waals surface area contributed by atoms with Gasteiger partial charge in [0.25, 0.3) is 5.91 Å². The second kappa shape index (κ2) is 7.56. The molecule has 4 heterocycles. The van der Waals surface area contributed by atoms with Crippen molar-refractivity contribution < 1.29 is 22.4 Å². The van der Waals surface area contributed by atoms with Crippen LogP contribution in [0.15, 0.2) is 24.5 Å². The van der Waals surface area contributed by atoms with Crippen molar-refractivity contribution in [3.05, 3.63) is 63.6 Å². The van der Waals surface area contributed by atoms with Gasteiger partial charge in [0, 0.05) is 19.2 Å². The summed E-state index contributed by atoms with van der Waals surface area (Å²) >= 11 is 5.87. The molecule has 3 aromatic heterocycles. The number of carbonyl (C=O) groups is 1. The number of hydrogen-bond donors (Lipinski definition) is 0. The summed E-state index contributed by atoms with van der Waals surface area (Å²) in [6.07, 6.45) is -2.46. The van der Waals surface area contributed by atoms with Gasteiger partial charge in [-0.2, -0.15) is 17.9 Å². The standard InChI is InChI=1S/C19H15ClF4N6O/c1-9-7-14(26-8-12(9)21)30-13-4-6-29(10(2)16(13)27-28-30)18(31)11-3-5-25-17(15(11)20)19(22,23)24/h3,5,7-8,10H,4,6H2,1-2H3/t10-/m0/s1. The minimum Gasteiger partial charge on any atom is -0.330 e. The number of hydrogen-bond acceptors (Lipinski definition) is 5. The van der Waals surface area contributed by atoms with Gasteiger partial charge in [-0.1, -0.05) is 16.8 Å². The van der Waals surface area contributed by atoms with Crippen LogP contribution in [0.5, 0.6) is 0 Å². The van der Waals surface area contributed by atoms with Gasteiger partial charge in [-0.3, -0.25) is 9.78 Å². The Morgan fingerprint density at radius 1 is 1.29 bits per heavy atom. The van der Waals surface area contributed by atoms with Crippen LogP contribution in [-0.4, -0.2) is 42.3 Å². The van der Waals surface area contributed by atoms with Gasteiger partial charge in [-0.05, 0) is 31.5 Å². The fraction of sp³-hybridized carbons (Fsp3) is 0.316. The highest BCUT2D eigenvalue weighted by Gasteiger charge is 2.39. The van der Waals surface area contributed by atoms with Crippen molar-refractivity contribution in [3.8, 4) is 5.82 Å². The highest BCUT2D eigenvalue weighted by atomic mass is 35.5. The van der Waals surface area contributed by atoms with E-state index in [9.17, 15) is 22.4 Å². The molecule has 0 N–H and O–H groups in total. The molecule has 1 aliphatic rings. The van der Waals surface area contributed by atoms with Gasteiger partial charge < -0.3 is 4.90 Å². The molecule has 0 unspecified atom stereocenters. The van der Waals surface area contributed by atoms with Crippen molar-refractivity contribution in [2.45, 2.75) is 32.5 Å². The minimum absolute atomic E-state index is 0.195. The number of aryl methyl sites for hydroxylation is 1. The van der Waals surface area contributed by atoms with E-state index in [0.717, 1.165) is 18.5 Å². The first kappa shape index (κ1) is 21.2. The molecule has 3 aromatic rings. The van der Waals surface area contributed by atoms with Crippen molar-refractivity contribution in [1.82, 2.24) is 29.9 Å². The Morgan fingerprint density at radius 2 is 2.03 bits per heavy atom. The monoisotopic (exact) mass is 454 g/mol. The summed E-state index contributed by atoms with van der Waals surface area (Å²) < 4.78 is 54.3. The van der Waals surface area contributed by atoms with Gasteiger partial charge in [0.15, 0.2) is 11.5 Å². The molecule has 31 heavy (non-hydrogen) atoms. The van der Waals surface area contributed by atoms with Crippen LogP contribution in [0.2, 0.25) is 5.02 Å². The smallest absolute Gasteiger partial charge is 0.330 e. The predicted molar refractivity (Wildman–Crippen MR) is 101 cm³/mol. The van der Waals surface area contributed by atoms with E-state index in [1.54, 1.807) is 13.8 Å². The van der Waals surface area contributed by atoms with Crippen molar-refractivity contribution in [3.63, 3.8) is 0 Å². The topological polar surface area (TPSA) is 76.8 Å². The van der Waals surface area contributed by atoms with Gasteiger partial charge in [-0.25, -0.2) is 9.37 Å². The van der Waals surface area contributed by atoms with Crippen LogP contribution in [-0.2, 0) is 12.6 Å². The summed E-state index contributed by atoms with van der Waals surface area (Å²) in [7, 11) is 0. The lowest BCUT2D eigenvalue weighted by Crippen LogP contribution is -2.39. The fourth-order valence-corrected chi connectivity index (χ4v) is 3.80. The SMILES string of the molecule is Cc1cc(-n2nnc3c2CCN(C(=O)c2ccnc(C(F)(F)F)c2Cl)[C@H]3C)ncc1F. The lowest BCUT2D eigenvalue weighted by atomic mass is 10.0. The molecule has 0 aliphatic carbocycles. The van der Waals surface area contributed by atoms with Crippen molar-refractivity contribution in [2.75, 3.05) is 6.54 Å². The van der Waals surface area contributed by atoms with Crippen LogP contribution in [0, 0.1) is 12.7 Å². The van der Waals surface area contributed by atoms with Gasteiger partial charge in [0.05, 0.1) is 28.5 Å². The molecule has 0 bridgehead atoms. The third-order valence-corrected chi connectivity index (χ3v) is 5.53. The van der Waals surface area contributed by atoms with Crippen LogP contribution in [0.3, 0.4) is 0 Å².